The number of nitrogens with one attached hydrogen (secondary N) is 1. The molecule has 4 aromatic rings. The molecule has 1 fully saturated rings. The minimum atomic E-state index is -0.0622. The molecule has 1 aliphatic rings. The van der Waals surface area contributed by atoms with E-state index in [0.717, 1.165) is 36.8 Å². The van der Waals surface area contributed by atoms with Crippen molar-refractivity contribution in [2.75, 3.05) is 29.9 Å². The summed E-state index contributed by atoms with van der Waals surface area (Å²) in [7, 11) is 0. The van der Waals surface area contributed by atoms with Crippen LogP contribution in [-0.2, 0) is 6.54 Å². The van der Waals surface area contributed by atoms with E-state index in [-0.39, 0.29) is 11.9 Å². The van der Waals surface area contributed by atoms with Crippen molar-refractivity contribution in [2.24, 2.45) is 0 Å². The average molecular weight is 452 g/mol. The number of nitrogens with zero attached hydrogens (tertiary/aromatic N) is 4. The van der Waals surface area contributed by atoms with Crippen LogP contribution in [0.5, 0.6) is 0 Å². The number of fused-ring (bicyclic) bond motifs is 1. The lowest BCUT2D eigenvalue weighted by molar-refractivity contribution is 0.0987. The Hall–Kier alpha value is -3.77. The highest BCUT2D eigenvalue weighted by atomic mass is 16.2. The van der Waals surface area contributed by atoms with E-state index in [0.29, 0.717) is 23.9 Å². The van der Waals surface area contributed by atoms with Gasteiger partial charge in [0.2, 0.25) is 5.95 Å². The molecule has 1 aromatic heterocycles. The molecule has 1 atom stereocenters. The Kier molecular flexibility index (Phi) is 6.49. The van der Waals surface area contributed by atoms with E-state index in [1.807, 2.05) is 55.5 Å². The smallest absolute Gasteiger partial charge is 0.259 e. The second-order valence-corrected chi connectivity index (χ2v) is 8.70. The molecule has 0 bridgehead atoms. The first kappa shape index (κ1) is 22.0. The first-order chi connectivity index (χ1) is 16.7. The summed E-state index contributed by atoms with van der Waals surface area (Å²) in [5.74, 6) is 1.11. The average Bonchev–Trinajstić information content (AvgIpc) is 3.31. The molecule has 1 saturated heterocycles. The second kappa shape index (κ2) is 10.0. The van der Waals surface area contributed by atoms with Gasteiger partial charge in [0.25, 0.3) is 5.91 Å². The fourth-order valence-electron chi connectivity index (χ4n) is 4.58. The molecule has 3 aromatic carbocycles. The van der Waals surface area contributed by atoms with Gasteiger partial charge in [-0.15, -0.1) is 0 Å². The molecule has 1 unspecified atom stereocenters. The maximum atomic E-state index is 13.3. The Morgan fingerprint density at radius 1 is 1.03 bits per heavy atom. The highest BCUT2D eigenvalue weighted by Gasteiger charge is 2.24. The van der Waals surface area contributed by atoms with Crippen LogP contribution in [-0.4, -0.2) is 46.5 Å². The van der Waals surface area contributed by atoms with Gasteiger partial charge in [0.15, 0.2) is 0 Å². The van der Waals surface area contributed by atoms with Crippen LogP contribution in [0.2, 0.25) is 0 Å². The highest BCUT2D eigenvalue weighted by Crippen LogP contribution is 2.21. The molecular formula is C28H29N5O. The molecule has 34 heavy (non-hydrogen) atoms. The second-order valence-electron chi connectivity index (χ2n) is 8.70. The van der Waals surface area contributed by atoms with Crippen LogP contribution in [0.4, 0.5) is 11.8 Å². The largest absolute Gasteiger partial charge is 0.350 e. The quantitative estimate of drug-likeness (QED) is 0.429. The molecule has 0 radical (unpaired) electrons. The zero-order valence-electron chi connectivity index (χ0n) is 19.4. The number of likely N-dealkylation sites (tertiary alicyclic amines) is 1. The van der Waals surface area contributed by atoms with Crippen molar-refractivity contribution >= 4 is 28.4 Å². The summed E-state index contributed by atoms with van der Waals surface area (Å²) < 4.78 is 0. The van der Waals surface area contributed by atoms with Gasteiger partial charge in [-0.25, -0.2) is 4.98 Å². The van der Waals surface area contributed by atoms with E-state index in [1.54, 1.807) is 17.2 Å². The lowest BCUT2D eigenvalue weighted by Gasteiger charge is -2.21. The molecule has 5 rings (SSSR count). The minimum absolute atomic E-state index is 0.0622. The van der Waals surface area contributed by atoms with E-state index < -0.39 is 0 Å². The number of carbonyl (C=O) groups is 1. The molecule has 1 amide bonds. The number of hydrogen-bond acceptors (Lipinski definition) is 5. The van der Waals surface area contributed by atoms with Crippen LogP contribution in [0.3, 0.4) is 0 Å². The molecule has 6 heteroatoms. The standard InChI is InChI=1S/C28H29N5O/c1-2-33(27(34)24-13-12-22-10-6-7-11-23(22)18-24)26-14-16-29-28(31-26)30-25-15-17-32(20-25)19-21-8-4-3-5-9-21/h3-14,16,18,25H,2,15,17,19-20H2,1H3,(H,29,30,31). The van der Waals surface area contributed by atoms with Gasteiger partial charge in [0.05, 0.1) is 0 Å². The number of benzene rings is 3. The van der Waals surface area contributed by atoms with Crippen LogP contribution in [0, 0.1) is 0 Å². The van der Waals surface area contributed by atoms with Gasteiger partial charge < -0.3 is 5.32 Å². The van der Waals surface area contributed by atoms with E-state index in [1.165, 1.54) is 5.56 Å². The normalized spacial score (nSPS) is 16.0. The van der Waals surface area contributed by atoms with Crippen LogP contribution in [0.15, 0.2) is 85.1 Å². The van der Waals surface area contributed by atoms with Crippen molar-refractivity contribution in [3.05, 3.63) is 96.2 Å². The van der Waals surface area contributed by atoms with E-state index in [4.69, 9.17) is 0 Å². The summed E-state index contributed by atoms with van der Waals surface area (Å²) in [4.78, 5) is 26.6. The lowest BCUT2D eigenvalue weighted by Crippen LogP contribution is -2.32. The summed E-state index contributed by atoms with van der Waals surface area (Å²) in [6, 6.07) is 26.5. The van der Waals surface area contributed by atoms with E-state index in [9.17, 15) is 4.79 Å². The van der Waals surface area contributed by atoms with E-state index >= 15 is 0 Å². The van der Waals surface area contributed by atoms with Gasteiger partial charge in [-0.3, -0.25) is 14.6 Å². The third kappa shape index (κ3) is 4.92. The fourth-order valence-corrected chi connectivity index (χ4v) is 4.58. The summed E-state index contributed by atoms with van der Waals surface area (Å²) in [6.45, 7) is 5.41. The molecule has 1 aliphatic heterocycles. The maximum Gasteiger partial charge on any atom is 0.259 e. The third-order valence-electron chi connectivity index (χ3n) is 6.33. The highest BCUT2D eigenvalue weighted by molar-refractivity contribution is 6.07. The molecule has 0 spiro atoms. The molecule has 0 aliphatic carbocycles. The van der Waals surface area contributed by atoms with Crippen LogP contribution < -0.4 is 10.2 Å². The van der Waals surface area contributed by atoms with Crippen LogP contribution >= 0.6 is 0 Å². The maximum absolute atomic E-state index is 13.3. The molecular weight excluding hydrogens is 422 g/mol. The molecule has 0 saturated carbocycles. The van der Waals surface area contributed by atoms with Gasteiger partial charge in [-0.2, -0.15) is 4.98 Å². The number of hydrogen-bond donors (Lipinski definition) is 1. The lowest BCUT2D eigenvalue weighted by atomic mass is 10.1. The van der Waals surface area contributed by atoms with Crippen molar-refractivity contribution in [3.8, 4) is 0 Å². The van der Waals surface area contributed by atoms with Crippen molar-refractivity contribution in [1.82, 2.24) is 14.9 Å². The van der Waals surface area contributed by atoms with Gasteiger partial charge in [0, 0.05) is 44.0 Å². The number of carbonyl (C=O) groups excluding carboxylic acids is 1. The zero-order valence-corrected chi connectivity index (χ0v) is 19.4. The van der Waals surface area contributed by atoms with E-state index in [2.05, 4.69) is 44.5 Å². The molecule has 6 nitrogen and oxygen atoms in total. The minimum Gasteiger partial charge on any atom is -0.350 e. The number of anilines is 2. The number of amides is 1. The zero-order chi connectivity index (χ0) is 23.3. The number of rotatable bonds is 7. The topological polar surface area (TPSA) is 61.4 Å². The molecule has 1 N–H and O–H groups in total. The van der Waals surface area contributed by atoms with Gasteiger partial charge in [-0.05, 0) is 47.9 Å². The third-order valence-corrected chi connectivity index (χ3v) is 6.33. The first-order valence-electron chi connectivity index (χ1n) is 11.9. The Morgan fingerprint density at radius 3 is 2.65 bits per heavy atom. The van der Waals surface area contributed by atoms with Crippen LogP contribution in [0.1, 0.15) is 29.3 Å². The number of aromatic nitrogens is 2. The van der Waals surface area contributed by atoms with Gasteiger partial charge in [-0.1, -0.05) is 60.7 Å². The van der Waals surface area contributed by atoms with Gasteiger partial charge in [0.1, 0.15) is 5.82 Å². The Bertz CT molecular complexity index is 1280. The van der Waals surface area contributed by atoms with Crippen molar-refractivity contribution in [1.29, 1.82) is 0 Å². The van der Waals surface area contributed by atoms with Crippen LogP contribution in [0.25, 0.3) is 10.8 Å². The Morgan fingerprint density at radius 2 is 1.82 bits per heavy atom. The molecule has 172 valence electrons. The van der Waals surface area contributed by atoms with Crippen molar-refractivity contribution in [2.45, 2.75) is 25.9 Å². The Balaban J connectivity index is 1.27. The predicted octanol–water partition coefficient (Wildman–Crippen LogP) is 4.98. The predicted molar refractivity (Wildman–Crippen MR) is 137 cm³/mol. The fraction of sp³-hybridized carbons (Fsp3) is 0.250. The van der Waals surface area contributed by atoms with Crippen molar-refractivity contribution < 1.29 is 4.79 Å². The SMILES string of the molecule is CCN(C(=O)c1ccc2ccccc2c1)c1ccnc(NC2CCN(Cc3ccccc3)C2)n1. The first-order valence-corrected chi connectivity index (χ1v) is 11.9. The summed E-state index contributed by atoms with van der Waals surface area (Å²) in [5, 5.41) is 5.65. The van der Waals surface area contributed by atoms with Crippen molar-refractivity contribution in [3.63, 3.8) is 0 Å². The van der Waals surface area contributed by atoms with Gasteiger partial charge >= 0.3 is 0 Å². The summed E-state index contributed by atoms with van der Waals surface area (Å²) in [5.41, 5.74) is 1.98. The Labute approximate surface area is 200 Å². The summed E-state index contributed by atoms with van der Waals surface area (Å²) in [6.07, 6.45) is 2.76. The summed E-state index contributed by atoms with van der Waals surface area (Å²) >= 11 is 0. The monoisotopic (exact) mass is 451 g/mol. The molecule has 2 heterocycles.